The standard InChI is InChI=1S/C6H12FNO.ClH/c1-9-3-2-6(7)4-8-5-6;/h8H,2-5H2,1H3;1H. The van der Waals surface area contributed by atoms with Crippen LogP contribution in [0.15, 0.2) is 0 Å². The van der Waals surface area contributed by atoms with Crippen molar-refractivity contribution in [1.82, 2.24) is 5.32 Å². The SMILES string of the molecule is COCCC1(F)CNC1.Cl. The topological polar surface area (TPSA) is 21.3 Å². The van der Waals surface area contributed by atoms with Gasteiger partial charge in [0.15, 0.2) is 0 Å². The van der Waals surface area contributed by atoms with Crippen molar-refractivity contribution in [2.75, 3.05) is 26.8 Å². The Morgan fingerprint density at radius 1 is 1.60 bits per heavy atom. The summed E-state index contributed by atoms with van der Waals surface area (Å²) in [5.41, 5.74) is -0.962. The minimum absolute atomic E-state index is 0. The van der Waals surface area contributed by atoms with E-state index < -0.39 is 5.67 Å². The molecule has 0 aliphatic carbocycles. The highest BCUT2D eigenvalue weighted by Crippen LogP contribution is 2.20. The van der Waals surface area contributed by atoms with Crippen molar-refractivity contribution in [2.45, 2.75) is 12.1 Å². The van der Waals surface area contributed by atoms with Crippen LogP contribution in [0.5, 0.6) is 0 Å². The van der Waals surface area contributed by atoms with Crippen molar-refractivity contribution < 1.29 is 9.13 Å². The summed E-state index contributed by atoms with van der Waals surface area (Å²) >= 11 is 0. The summed E-state index contributed by atoms with van der Waals surface area (Å²) in [5.74, 6) is 0. The van der Waals surface area contributed by atoms with E-state index in [0.717, 1.165) is 0 Å². The number of hydrogen-bond donors (Lipinski definition) is 1. The lowest BCUT2D eigenvalue weighted by Gasteiger charge is -2.34. The first-order chi connectivity index (χ1) is 4.27. The summed E-state index contributed by atoms with van der Waals surface area (Å²) in [6.45, 7) is 1.52. The molecule has 0 atom stereocenters. The fourth-order valence-corrected chi connectivity index (χ4v) is 0.858. The van der Waals surface area contributed by atoms with Crippen molar-refractivity contribution in [3.63, 3.8) is 0 Å². The molecule has 2 nitrogen and oxygen atoms in total. The van der Waals surface area contributed by atoms with Crippen LogP contribution in [0.3, 0.4) is 0 Å². The van der Waals surface area contributed by atoms with E-state index in [1.807, 2.05) is 0 Å². The van der Waals surface area contributed by atoms with Crippen LogP contribution in [0.4, 0.5) is 4.39 Å². The summed E-state index contributed by atoms with van der Waals surface area (Å²) in [6.07, 6.45) is 0.524. The van der Waals surface area contributed by atoms with Gasteiger partial charge in [-0.05, 0) is 0 Å². The maximum absolute atomic E-state index is 13.0. The summed E-state index contributed by atoms with van der Waals surface area (Å²) in [4.78, 5) is 0. The summed E-state index contributed by atoms with van der Waals surface area (Å²) < 4.78 is 17.7. The number of rotatable bonds is 3. The third kappa shape index (κ3) is 2.40. The average Bonchev–Trinajstić information content (AvgIpc) is 1.79. The molecular weight excluding hydrogens is 157 g/mol. The highest BCUT2D eigenvalue weighted by Gasteiger charge is 2.35. The molecule has 10 heavy (non-hydrogen) atoms. The molecule has 0 unspecified atom stereocenters. The van der Waals surface area contributed by atoms with E-state index in [1.165, 1.54) is 0 Å². The van der Waals surface area contributed by atoms with E-state index in [0.29, 0.717) is 26.1 Å². The third-order valence-corrected chi connectivity index (χ3v) is 1.64. The number of nitrogens with one attached hydrogen (secondary N) is 1. The molecule has 1 rings (SSSR count). The Balaban J connectivity index is 0.000000810. The second-order valence-corrected chi connectivity index (χ2v) is 2.50. The summed E-state index contributed by atoms with van der Waals surface area (Å²) in [6, 6.07) is 0. The van der Waals surface area contributed by atoms with Crippen molar-refractivity contribution in [3.8, 4) is 0 Å². The van der Waals surface area contributed by atoms with Crippen LogP contribution in [-0.4, -0.2) is 32.5 Å². The molecule has 0 aromatic rings. The molecule has 0 aromatic carbocycles. The van der Waals surface area contributed by atoms with Crippen molar-refractivity contribution >= 4 is 12.4 Å². The Labute approximate surface area is 66.5 Å². The zero-order valence-corrected chi connectivity index (χ0v) is 6.84. The van der Waals surface area contributed by atoms with Crippen LogP contribution in [0.1, 0.15) is 6.42 Å². The van der Waals surface area contributed by atoms with E-state index >= 15 is 0 Å². The fourth-order valence-electron chi connectivity index (χ4n) is 0.858. The van der Waals surface area contributed by atoms with Gasteiger partial charge in [-0.1, -0.05) is 0 Å². The highest BCUT2D eigenvalue weighted by molar-refractivity contribution is 5.85. The summed E-state index contributed by atoms with van der Waals surface area (Å²) in [5, 5.41) is 2.88. The average molecular weight is 170 g/mol. The van der Waals surface area contributed by atoms with Crippen molar-refractivity contribution in [1.29, 1.82) is 0 Å². The van der Waals surface area contributed by atoms with Crippen LogP contribution >= 0.6 is 12.4 Å². The summed E-state index contributed by atoms with van der Waals surface area (Å²) in [7, 11) is 1.59. The molecule has 1 aliphatic rings. The molecular formula is C6H13ClFNO. The van der Waals surface area contributed by atoms with E-state index in [4.69, 9.17) is 4.74 Å². The zero-order chi connectivity index (χ0) is 6.74. The van der Waals surface area contributed by atoms with Crippen LogP contribution < -0.4 is 5.32 Å². The largest absolute Gasteiger partial charge is 0.385 e. The predicted molar refractivity (Wildman–Crippen MR) is 40.4 cm³/mol. The molecule has 4 heteroatoms. The molecule has 1 saturated heterocycles. The Bertz CT molecular complexity index is 97.7. The minimum atomic E-state index is -0.962. The van der Waals surface area contributed by atoms with Gasteiger partial charge in [0.25, 0.3) is 0 Å². The second kappa shape index (κ2) is 4.11. The Morgan fingerprint density at radius 3 is 2.50 bits per heavy atom. The van der Waals surface area contributed by atoms with Gasteiger partial charge in [-0.15, -0.1) is 12.4 Å². The van der Waals surface area contributed by atoms with Crippen molar-refractivity contribution in [2.24, 2.45) is 0 Å². The van der Waals surface area contributed by atoms with E-state index in [1.54, 1.807) is 7.11 Å². The molecule has 0 spiro atoms. The van der Waals surface area contributed by atoms with Gasteiger partial charge in [-0.2, -0.15) is 0 Å². The maximum atomic E-state index is 13.0. The fraction of sp³-hybridized carbons (Fsp3) is 1.00. The van der Waals surface area contributed by atoms with Gasteiger partial charge < -0.3 is 10.1 Å². The second-order valence-electron chi connectivity index (χ2n) is 2.50. The first-order valence-electron chi connectivity index (χ1n) is 3.15. The van der Waals surface area contributed by atoms with Gasteiger partial charge in [0.1, 0.15) is 5.67 Å². The van der Waals surface area contributed by atoms with Crippen LogP contribution in [-0.2, 0) is 4.74 Å². The minimum Gasteiger partial charge on any atom is -0.385 e. The third-order valence-electron chi connectivity index (χ3n) is 1.64. The van der Waals surface area contributed by atoms with Crippen LogP contribution in [0.25, 0.3) is 0 Å². The molecule has 1 fully saturated rings. The zero-order valence-electron chi connectivity index (χ0n) is 6.02. The number of ether oxygens (including phenoxy) is 1. The first kappa shape index (κ1) is 10.1. The molecule has 0 saturated carbocycles. The molecule has 0 bridgehead atoms. The lowest BCUT2D eigenvalue weighted by Crippen LogP contribution is -2.56. The molecule has 62 valence electrons. The molecule has 1 aliphatic heterocycles. The number of alkyl halides is 1. The van der Waals surface area contributed by atoms with Gasteiger partial charge in [-0.25, -0.2) is 4.39 Å². The lowest BCUT2D eigenvalue weighted by molar-refractivity contribution is 0.0471. The molecule has 0 aromatic heterocycles. The predicted octanol–water partition coefficient (Wildman–Crippen LogP) is 0.756. The molecule has 1 N–H and O–H groups in total. The van der Waals surface area contributed by atoms with Gasteiger partial charge in [-0.3, -0.25) is 0 Å². The van der Waals surface area contributed by atoms with Gasteiger partial charge >= 0.3 is 0 Å². The van der Waals surface area contributed by atoms with Crippen LogP contribution in [0.2, 0.25) is 0 Å². The normalized spacial score (nSPS) is 21.0. The van der Waals surface area contributed by atoms with Crippen LogP contribution in [0, 0.1) is 0 Å². The lowest BCUT2D eigenvalue weighted by atomic mass is 9.96. The molecule has 1 heterocycles. The van der Waals surface area contributed by atoms with Gasteiger partial charge in [0.2, 0.25) is 0 Å². The number of methoxy groups -OCH3 is 1. The Hall–Kier alpha value is 0.140. The Kier molecular flexibility index (Phi) is 4.17. The molecule has 0 amide bonds. The quantitative estimate of drug-likeness (QED) is 0.674. The van der Waals surface area contributed by atoms with E-state index in [-0.39, 0.29) is 12.4 Å². The van der Waals surface area contributed by atoms with Crippen molar-refractivity contribution in [3.05, 3.63) is 0 Å². The number of halogens is 2. The van der Waals surface area contributed by atoms with Gasteiger partial charge in [0.05, 0.1) is 0 Å². The van der Waals surface area contributed by atoms with E-state index in [2.05, 4.69) is 5.32 Å². The number of hydrogen-bond acceptors (Lipinski definition) is 2. The first-order valence-corrected chi connectivity index (χ1v) is 3.15. The smallest absolute Gasteiger partial charge is 0.137 e. The maximum Gasteiger partial charge on any atom is 0.137 e. The highest BCUT2D eigenvalue weighted by atomic mass is 35.5. The van der Waals surface area contributed by atoms with E-state index in [9.17, 15) is 4.39 Å². The Morgan fingerprint density at radius 2 is 2.20 bits per heavy atom. The molecule has 0 radical (unpaired) electrons. The van der Waals surface area contributed by atoms with Gasteiger partial charge in [0, 0.05) is 33.2 Å². The monoisotopic (exact) mass is 169 g/mol.